The zero-order chi connectivity index (χ0) is 16.1. The number of pyridine rings is 1. The summed E-state index contributed by atoms with van der Waals surface area (Å²) < 4.78 is 12.9. The summed E-state index contributed by atoms with van der Waals surface area (Å²) in [5, 5.41) is 10.3. The Labute approximate surface area is 138 Å². The molecule has 1 aromatic carbocycles. The average molecular weight is 328 g/mol. The Kier molecular flexibility index (Phi) is 4.92. The van der Waals surface area contributed by atoms with Gasteiger partial charge >= 0.3 is 0 Å². The first kappa shape index (κ1) is 15.6. The molecule has 0 aliphatic rings. The predicted molar refractivity (Wildman–Crippen MR) is 90.3 cm³/mol. The Morgan fingerprint density at radius 2 is 1.74 bits per heavy atom. The van der Waals surface area contributed by atoms with Crippen LogP contribution in [0.5, 0.6) is 0 Å². The third kappa shape index (κ3) is 4.32. The lowest BCUT2D eigenvalue weighted by Crippen LogP contribution is -2.20. The fourth-order valence-electron chi connectivity index (χ4n) is 2.19. The number of aromatic nitrogens is 3. The highest BCUT2D eigenvalue weighted by Gasteiger charge is 2.09. The molecule has 0 bridgehead atoms. The van der Waals surface area contributed by atoms with Crippen molar-refractivity contribution in [2.45, 2.75) is 12.8 Å². The largest absolute Gasteiger partial charge is 0.349 e. The molecule has 3 rings (SSSR count). The minimum absolute atomic E-state index is 0.220. The van der Waals surface area contributed by atoms with Crippen LogP contribution in [-0.4, -0.2) is 28.8 Å². The summed E-state index contributed by atoms with van der Waals surface area (Å²) in [6.07, 6.45) is 5.23. The molecule has 0 amide bonds. The van der Waals surface area contributed by atoms with E-state index in [4.69, 9.17) is 0 Å². The molecule has 6 heteroatoms. The summed E-state index contributed by atoms with van der Waals surface area (Å²) >= 11 is 1.57. The second-order valence-electron chi connectivity index (χ2n) is 5.31. The first-order chi connectivity index (χ1) is 11.2. The molecule has 4 nitrogen and oxygen atoms in total. The molecular weight excluding hydrogens is 311 g/mol. The summed E-state index contributed by atoms with van der Waals surface area (Å²) in [6.45, 7) is 0.870. The van der Waals surface area contributed by atoms with Crippen LogP contribution in [0.1, 0.15) is 16.1 Å². The van der Waals surface area contributed by atoms with Crippen LogP contribution in [0.15, 0.2) is 48.8 Å². The summed E-state index contributed by atoms with van der Waals surface area (Å²) in [6, 6.07) is 10.5. The second-order valence-corrected chi connectivity index (χ2v) is 6.35. The minimum Gasteiger partial charge on any atom is -0.349 e. The van der Waals surface area contributed by atoms with Gasteiger partial charge in [-0.05, 0) is 41.8 Å². The topological polar surface area (TPSA) is 41.9 Å². The van der Waals surface area contributed by atoms with Gasteiger partial charge in [0.25, 0.3) is 0 Å². The zero-order valence-electron chi connectivity index (χ0n) is 12.8. The third-order valence-electron chi connectivity index (χ3n) is 3.54. The van der Waals surface area contributed by atoms with Crippen LogP contribution in [0.2, 0.25) is 0 Å². The minimum atomic E-state index is -0.220. The van der Waals surface area contributed by atoms with Gasteiger partial charge in [0.2, 0.25) is 5.13 Å². The lowest BCUT2D eigenvalue weighted by Gasteiger charge is -2.14. The number of benzene rings is 1. The molecule has 0 atom stereocenters. The standard InChI is InChI=1S/C17H17FN4S/c1-22(11-8-13-6-9-19-10-7-13)17-21-20-16(23-17)12-14-2-4-15(18)5-3-14/h2-7,9-10H,8,11-12H2,1H3. The Balaban J connectivity index is 1.58. The van der Waals surface area contributed by atoms with Crippen LogP contribution in [0.3, 0.4) is 0 Å². The van der Waals surface area contributed by atoms with Crippen LogP contribution in [-0.2, 0) is 12.8 Å². The van der Waals surface area contributed by atoms with E-state index in [0.717, 1.165) is 28.7 Å². The van der Waals surface area contributed by atoms with E-state index < -0.39 is 0 Å². The number of hydrogen-bond acceptors (Lipinski definition) is 5. The maximum atomic E-state index is 12.9. The van der Waals surface area contributed by atoms with Crippen LogP contribution in [0.4, 0.5) is 9.52 Å². The van der Waals surface area contributed by atoms with Crippen LogP contribution in [0.25, 0.3) is 0 Å². The molecule has 0 fully saturated rings. The Bertz CT molecular complexity index is 743. The summed E-state index contributed by atoms with van der Waals surface area (Å²) in [4.78, 5) is 6.13. The molecule has 0 saturated heterocycles. The van der Waals surface area contributed by atoms with Crippen molar-refractivity contribution < 1.29 is 4.39 Å². The van der Waals surface area contributed by atoms with Gasteiger partial charge in [0.05, 0.1) is 0 Å². The van der Waals surface area contributed by atoms with Crippen molar-refractivity contribution in [3.8, 4) is 0 Å². The summed E-state index contributed by atoms with van der Waals surface area (Å²) in [5.41, 5.74) is 2.29. The van der Waals surface area contributed by atoms with Gasteiger partial charge < -0.3 is 4.90 Å². The zero-order valence-corrected chi connectivity index (χ0v) is 13.6. The van der Waals surface area contributed by atoms with Gasteiger partial charge in [-0.3, -0.25) is 4.98 Å². The van der Waals surface area contributed by atoms with E-state index in [2.05, 4.69) is 20.1 Å². The number of rotatable bonds is 6. The first-order valence-electron chi connectivity index (χ1n) is 7.37. The van der Waals surface area contributed by atoms with Gasteiger partial charge in [-0.25, -0.2) is 4.39 Å². The first-order valence-corrected chi connectivity index (χ1v) is 8.19. The van der Waals surface area contributed by atoms with Gasteiger partial charge in [0, 0.05) is 32.4 Å². The molecule has 0 aliphatic carbocycles. The third-order valence-corrected chi connectivity index (χ3v) is 4.57. The number of hydrogen-bond donors (Lipinski definition) is 0. The van der Waals surface area contributed by atoms with Crippen molar-refractivity contribution in [3.63, 3.8) is 0 Å². The lowest BCUT2D eigenvalue weighted by atomic mass is 10.2. The SMILES string of the molecule is CN(CCc1ccncc1)c1nnc(Cc2ccc(F)cc2)s1. The molecule has 118 valence electrons. The molecule has 0 aliphatic heterocycles. The fraction of sp³-hybridized carbons (Fsp3) is 0.235. The molecule has 0 radical (unpaired) electrons. The van der Waals surface area contributed by atoms with Gasteiger partial charge in [0.1, 0.15) is 10.8 Å². The van der Waals surface area contributed by atoms with Gasteiger partial charge in [-0.2, -0.15) is 0 Å². The van der Waals surface area contributed by atoms with Crippen LogP contribution >= 0.6 is 11.3 Å². The van der Waals surface area contributed by atoms with E-state index in [9.17, 15) is 4.39 Å². The summed E-state index contributed by atoms with van der Waals surface area (Å²) in [5.74, 6) is -0.220. The van der Waals surface area contributed by atoms with E-state index in [0.29, 0.717) is 6.42 Å². The molecule has 0 unspecified atom stereocenters. The van der Waals surface area contributed by atoms with Crippen molar-refractivity contribution in [1.82, 2.24) is 15.2 Å². The van der Waals surface area contributed by atoms with Crippen LogP contribution in [0, 0.1) is 5.82 Å². The van der Waals surface area contributed by atoms with Crippen molar-refractivity contribution in [2.75, 3.05) is 18.5 Å². The normalized spacial score (nSPS) is 10.7. The molecule has 0 N–H and O–H groups in total. The predicted octanol–water partition coefficient (Wildman–Crippen LogP) is 3.34. The number of halogens is 1. The van der Waals surface area contributed by atoms with Crippen molar-refractivity contribution in [1.29, 1.82) is 0 Å². The number of likely N-dealkylation sites (N-methyl/N-ethyl adjacent to an activating group) is 1. The summed E-state index contributed by atoms with van der Waals surface area (Å²) in [7, 11) is 2.02. The highest BCUT2D eigenvalue weighted by molar-refractivity contribution is 7.15. The van der Waals surface area contributed by atoms with Crippen molar-refractivity contribution in [2.24, 2.45) is 0 Å². The highest BCUT2D eigenvalue weighted by Crippen LogP contribution is 2.21. The van der Waals surface area contributed by atoms with Gasteiger partial charge in [0.15, 0.2) is 0 Å². The van der Waals surface area contributed by atoms with E-state index in [-0.39, 0.29) is 5.82 Å². The van der Waals surface area contributed by atoms with E-state index in [1.54, 1.807) is 35.9 Å². The smallest absolute Gasteiger partial charge is 0.208 e. The maximum absolute atomic E-state index is 12.9. The molecule has 2 aromatic heterocycles. The van der Waals surface area contributed by atoms with Crippen molar-refractivity contribution >= 4 is 16.5 Å². The molecule has 3 aromatic rings. The molecular formula is C17H17FN4S. The Hall–Kier alpha value is -2.34. The highest BCUT2D eigenvalue weighted by atomic mass is 32.1. The molecule has 2 heterocycles. The number of anilines is 1. The number of nitrogens with zero attached hydrogens (tertiary/aromatic N) is 4. The van der Waals surface area contributed by atoms with Crippen molar-refractivity contribution in [3.05, 3.63) is 70.7 Å². The molecule has 0 saturated carbocycles. The van der Waals surface area contributed by atoms with E-state index >= 15 is 0 Å². The Morgan fingerprint density at radius 3 is 2.48 bits per heavy atom. The molecule has 0 spiro atoms. The maximum Gasteiger partial charge on any atom is 0.208 e. The monoisotopic (exact) mass is 328 g/mol. The quantitative estimate of drug-likeness (QED) is 0.696. The fourth-order valence-corrected chi connectivity index (χ4v) is 3.05. The molecule has 23 heavy (non-hydrogen) atoms. The van der Waals surface area contributed by atoms with E-state index in [1.807, 2.05) is 19.2 Å². The lowest BCUT2D eigenvalue weighted by molar-refractivity contribution is 0.627. The van der Waals surface area contributed by atoms with Gasteiger partial charge in [-0.15, -0.1) is 10.2 Å². The van der Waals surface area contributed by atoms with Crippen LogP contribution < -0.4 is 4.90 Å². The Morgan fingerprint density at radius 1 is 1.00 bits per heavy atom. The van der Waals surface area contributed by atoms with E-state index in [1.165, 1.54) is 17.7 Å². The second kappa shape index (κ2) is 7.28. The average Bonchev–Trinajstić information content (AvgIpc) is 3.04. The van der Waals surface area contributed by atoms with Gasteiger partial charge in [-0.1, -0.05) is 23.5 Å².